The van der Waals surface area contributed by atoms with E-state index in [0.717, 1.165) is 27.9 Å². The molecule has 1 aromatic carbocycles. The summed E-state index contributed by atoms with van der Waals surface area (Å²) in [5.74, 6) is 1.77. The van der Waals surface area contributed by atoms with Crippen LogP contribution in [0.5, 0.6) is 11.5 Å². The van der Waals surface area contributed by atoms with Gasteiger partial charge in [-0.05, 0) is 39.0 Å². The van der Waals surface area contributed by atoms with Gasteiger partial charge in [0, 0.05) is 55.6 Å². The van der Waals surface area contributed by atoms with Crippen LogP contribution >= 0.6 is 11.8 Å². The lowest BCUT2D eigenvalue weighted by Gasteiger charge is -2.23. The van der Waals surface area contributed by atoms with Crippen LogP contribution in [0, 0.1) is 0 Å². The Morgan fingerprint density at radius 3 is 2.67 bits per heavy atom. The second-order valence-corrected chi connectivity index (χ2v) is 11.8. The highest BCUT2D eigenvalue weighted by atomic mass is 32.2. The SMILES string of the molecule is CN(C)c1cc2c(cc1Sc1nc3c(N)ncnc3n1CCCN[S+]([O-])C(C)(C)C)OCO2. The number of anilines is 2. The average Bonchev–Trinajstić information content (AvgIpc) is 3.34. The van der Waals surface area contributed by atoms with E-state index >= 15 is 0 Å². The van der Waals surface area contributed by atoms with Gasteiger partial charge in [0.25, 0.3) is 0 Å². The zero-order chi connectivity index (χ0) is 23.8. The first-order valence-electron chi connectivity index (χ1n) is 10.6. The van der Waals surface area contributed by atoms with Crippen LogP contribution in [-0.2, 0) is 17.9 Å². The largest absolute Gasteiger partial charge is 0.598 e. The lowest BCUT2D eigenvalue weighted by atomic mass is 10.2. The molecule has 1 aliphatic heterocycles. The highest BCUT2D eigenvalue weighted by molar-refractivity contribution is 7.99. The molecule has 1 aliphatic rings. The van der Waals surface area contributed by atoms with Crippen LogP contribution in [0.3, 0.4) is 0 Å². The maximum Gasteiger partial charge on any atom is 0.231 e. The number of nitrogens with two attached hydrogens (primary N) is 1. The van der Waals surface area contributed by atoms with E-state index in [4.69, 9.17) is 20.2 Å². The summed E-state index contributed by atoms with van der Waals surface area (Å²) in [6.45, 7) is 7.28. The molecule has 1 atom stereocenters. The first kappa shape index (κ1) is 23.7. The van der Waals surface area contributed by atoms with Gasteiger partial charge < -0.3 is 29.2 Å². The molecule has 4 rings (SSSR count). The fraction of sp³-hybridized carbons (Fsp3) is 0.476. The Bertz CT molecular complexity index is 1150. The number of aryl methyl sites for hydroxylation is 1. The minimum atomic E-state index is -1.12. The summed E-state index contributed by atoms with van der Waals surface area (Å²) in [6.07, 6.45) is 2.19. The van der Waals surface area contributed by atoms with Crippen LogP contribution in [0.1, 0.15) is 27.2 Å². The minimum absolute atomic E-state index is 0.212. The molecule has 3 heterocycles. The van der Waals surface area contributed by atoms with Gasteiger partial charge in [0.1, 0.15) is 11.1 Å². The Hall–Kier alpha value is -2.41. The summed E-state index contributed by atoms with van der Waals surface area (Å²) in [7, 11) is 3.96. The van der Waals surface area contributed by atoms with Crippen molar-refractivity contribution < 1.29 is 14.0 Å². The quantitative estimate of drug-likeness (QED) is 0.359. The number of benzene rings is 1. The summed E-state index contributed by atoms with van der Waals surface area (Å²) in [5, 5.41) is 0.746. The normalized spacial score (nSPS) is 14.1. The van der Waals surface area contributed by atoms with E-state index in [1.54, 1.807) is 0 Å². The van der Waals surface area contributed by atoms with Gasteiger partial charge in [0.05, 0.1) is 5.69 Å². The lowest BCUT2D eigenvalue weighted by Crippen LogP contribution is -2.39. The summed E-state index contributed by atoms with van der Waals surface area (Å²) < 4.78 is 28.3. The second kappa shape index (κ2) is 9.45. The van der Waals surface area contributed by atoms with E-state index in [-0.39, 0.29) is 11.5 Å². The molecule has 3 aromatic rings. The molecule has 1 unspecified atom stereocenters. The van der Waals surface area contributed by atoms with Gasteiger partial charge in [0.15, 0.2) is 33.6 Å². The van der Waals surface area contributed by atoms with Crippen LogP contribution in [0.2, 0.25) is 0 Å². The van der Waals surface area contributed by atoms with Crippen LogP contribution in [-0.4, -0.2) is 56.3 Å². The van der Waals surface area contributed by atoms with Crippen molar-refractivity contribution in [2.75, 3.05) is 38.1 Å². The van der Waals surface area contributed by atoms with Crippen LogP contribution in [0.4, 0.5) is 11.5 Å². The Balaban J connectivity index is 1.62. The molecule has 2 aromatic heterocycles. The smallest absolute Gasteiger partial charge is 0.231 e. The van der Waals surface area contributed by atoms with E-state index < -0.39 is 11.4 Å². The van der Waals surface area contributed by atoms with Gasteiger partial charge in [-0.15, -0.1) is 4.72 Å². The topological polar surface area (TPSA) is 126 Å². The summed E-state index contributed by atoms with van der Waals surface area (Å²) in [5.41, 5.74) is 8.33. The monoisotopic (exact) mass is 491 g/mol. The van der Waals surface area contributed by atoms with Crippen LogP contribution < -0.4 is 24.8 Å². The number of hydrogen-bond donors (Lipinski definition) is 2. The fourth-order valence-corrected chi connectivity index (χ4v) is 5.17. The second-order valence-electron chi connectivity index (χ2n) is 8.78. The Kier molecular flexibility index (Phi) is 6.80. The van der Waals surface area contributed by atoms with Crippen molar-refractivity contribution in [3.8, 4) is 11.5 Å². The zero-order valence-electron chi connectivity index (χ0n) is 19.4. The van der Waals surface area contributed by atoms with Crippen LogP contribution in [0.15, 0.2) is 28.5 Å². The van der Waals surface area contributed by atoms with Gasteiger partial charge in [-0.2, -0.15) is 0 Å². The van der Waals surface area contributed by atoms with Gasteiger partial charge in [-0.25, -0.2) is 15.0 Å². The van der Waals surface area contributed by atoms with Crippen molar-refractivity contribution >= 4 is 45.8 Å². The molecule has 0 spiro atoms. The van der Waals surface area contributed by atoms with E-state index in [0.29, 0.717) is 35.8 Å². The number of aromatic nitrogens is 4. The zero-order valence-corrected chi connectivity index (χ0v) is 21.0. The van der Waals surface area contributed by atoms with Gasteiger partial charge in [0.2, 0.25) is 6.79 Å². The van der Waals surface area contributed by atoms with Gasteiger partial charge >= 0.3 is 0 Å². The highest BCUT2D eigenvalue weighted by Crippen LogP contribution is 2.44. The number of nitrogen functional groups attached to an aromatic ring is 1. The van der Waals surface area contributed by atoms with Crippen LogP contribution in [0.25, 0.3) is 11.2 Å². The molecule has 3 N–H and O–H groups in total. The molecular formula is C21H29N7O3S2. The molecular weight excluding hydrogens is 462 g/mol. The first-order chi connectivity index (χ1) is 15.6. The number of imidazole rings is 1. The molecule has 0 aliphatic carbocycles. The number of nitrogens with one attached hydrogen (secondary N) is 1. The van der Waals surface area contributed by atoms with E-state index in [1.807, 2.05) is 56.5 Å². The van der Waals surface area contributed by atoms with Crippen molar-refractivity contribution in [1.82, 2.24) is 24.2 Å². The molecule has 10 nitrogen and oxygen atoms in total. The van der Waals surface area contributed by atoms with Crippen molar-refractivity contribution in [1.29, 1.82) is 0 Å². The fourth-order valence-electron chi connectivity index (χ4n) is 3.27. The molecule has 178 valence electrons. The molecule has 33 heavy (non-hydrogen) atoms. The number of fused-ring (bicyclic) bond motifs is 2. The minimum Gasteiger partial charge on any atom is -0.598 e. The summed E-state index contributed by atoms with van der Waals surface area (Å²) >= 11 is 0.390. The molecule has 0 bridgehead atoms. The summed E-state index contributed by atoms with van der Waals surface area (Å²) in [4.78, 5) is 16.3. The lowest BCUT2D eigenvalue weighted by molar-refractivity contribution is 0.174. The van der Waals surface area contributed by atoms with Crippen molar-refractivity contribution in [2.45, 2.75) is 48.5 Å². The first-order valence-corrected chi connectivity index (χ1v) is 12.5. The molecule has 0 fully saturated rings. The third-order valence-electron chi connectivity index (χ3n) is 5.01. The van der Waals surface area contributed by atoms with E-state index in [2.05, 4.69) is 14.7 Å². The number of ether oxygens (including phenoxy) is 2. The number of nitrogens with zero attached hydrogens (tertiary/aromatic N) is 5. The summed E-state index contributed by atoms with van der Waals surface area (Å²) in [6, 6.07) is 3.94. The maximum atomic E-state index is 12.3. The number of rotatable bonds is 8. The Morgan fingerprint density at radius 2 is 1.97 bits per heavy atom. The Labute approximate surface area is 200 Å². The van der Waals surface area contributed by atoms with Crippen molar-refractivity contribution in [3.63, 3.8) is 0 Å². The number of hydrogen-bond acceptors (Lipinski definition) is 10. The Morgan fingerprint density at radius 1 is 1.24 bits per heavy atom. The van der Waals surface area contributed by atoms with Crippen molar-refractivity contribution in [3.05, 3.63) is 18.5 Å². The van der Waals surface area contributed by atoms with Gasteiger partial charge in [-0.3, -0.25) is 0 Å². The maximum absolute atomic E-state index is 12.3. The predicted molar refractivity (Wildman–Crippen MR) is 131 cm³/mol. The molecule has 0 radical (unpaired) electrons. The highest BCUT2D eigenvalue weighted by Gasteiger charge is 2.26. The molecule has 0 saturated heterocycles. The van der Waals surface area contributed by atoms with Gasteiger partial charge in [-0.1, -0.05) is 0 Å². The third kappa shape index (κ3) is 5.08. The molecule has 12 heteroatoms. The predicted octanol–water partition coefficient (Wildman–Crippen LogP) is 2.80. The molecule has 0 amide bonds. The average molecular weight is 492 g/mol. The molecule has 0 saturated carbocycles. The van der Waals surface area contributed by atoms with Crippen molar-refractivity contribution in [2.24, 2.45) is 0 Å². The van der Waals surface area contributed by atoms with E-state index in [9.17, 15) is 4.55 Å². The van der Waals surface area contributed by atoms with E-state index in [1.165, 1.54) is 18.1 Å². The standard InChI is InChI=1S/C21H29N7O3S2/c1-21(2,3)33(29)25-7-6-8-28-19-17(18(22)23-11-24-19)26-20(28)32-16-10-15-14(30-12-31-15)9-13(16)27(4)5/h9-11,25H,6-8,12H2,1-5H3,(H2,22,23,24). The third-order valence-corrected chi connectivity index (χ3v) is 7.63.